The number of benzene rings is 3. The van der Waals surface area contributed by atoms with E-state index in [1.54, 1.807) is 11.8 Å². The van der Waals surface area contributed by atoms with Crippen molar-refractivity contribution in [2.75, 3.05) is 61.4 Å². The Morgan fingerprint density at radius 3 is 2.10 bits per heavy atom. The molecule has 2 N–H and O–H groups in total. The number of anilines is 3. The lowest BCUT2D eigenvalue weighted by Crippen LogP contribution is -2.61. The fourth-order valence-corrected chi connectivity index (χ4v) is 6.41. The van der Waals surface area contributed by atoms with Crippen molar-refractivity contribution < 1.29 is 9.90 Å². The first-order valence-corrected chi connectivity index (χ1v) is 14.9. The highest BCUT2D eigenvalue weighted by molar-refractivity contribution is 6.30. The maximum atomic E-state index is 13.9. The first-order chi connectivity index (χ1) is 20.1. The molecule has 7 nitrogen and oxygen atoms in total. The molecule has 0 spiro atoms. The van der Waals surface area contributed by atoms with E-state index in [9.17, 15) is 9.90 Å². The van der Waals surface area contributed by atoms with Gasteiger partial charge in [-0.15, -0.1) is 0 Å². The lowest BCUT2D eigenvalue weighted by atomic mass is 9.92. The van der Waals surface area contributed by atoms with Gasteiger partial charge in [-0.3, -0.25) is 4.79 Å². The quantitative estimate of drug-likeness (QED) is 0.296. The SMILES string of the molecule is CNc1ccc(N2CCN(c3cccc(-c4c(C(=O)N5CC(C)(O)C5)c(C)n(C)c4-c4ccc(Cl)cc4)c3)CC2)cc1. The van der Waals surface area contributed by atoms with Gasteiger partial charge in [0.25, 0.3) is 5.91 Å². The van der Waals surface area contributed by atoms with E-state index in [0.717, 1.165) is 65.6 Å². The predicted molar refractivity (Wildman–Crippen MR) is 173 cm³/mol. The summed E-state index contributed by atoms with van der Waals surface area (Å²) in [7, 11) is 3.95. The van der Waals surface area contributed by atoms with Crippen LogP contribution in [0.25, 0.3) is 22.4 Å². The molecule has 1 amide bonds. The van der Waals surface area contributed by atoms with Crippen LogP contribution in [0.2, 0.25) is 5.02 Å². The Bertz CT molecular complexity index is 1590. The molecule has 3 aromatic carbocycles. The largest absolute Gasteiger partial charge is 0.388 e. The average molecular weight is 584 g/mol. The van der Waals surface area contributed by atoms with E-state index in [1.165, 1.54) is 5.69 Å². The van der Waals surface area contributed by atoms with Crippen LogP contribution >= 0.6 is 11.6 Å². The van der Waals surface area contributed by atoms with E-state index >= 15 is 0 Å². The molecule has 2 aliphatic heterocycles. The summed E-state index contributed by atoms with van der Waals surface area (Å²) in [6.07, 6.45) is 0. The maximum absolute atomic E-state index is 13.9. The summed E-state index contributed by atoms with van der Waals surface area (Å²) in [5.41, 5.74) is 8.13. The highest BCUT2D eigenvalue weighted by atomic mass is 35.5. The fraction of sp³-hybridized carbons (Fsp3) is 0.324. The van der Waals surface area contributed by atoms with E-state index in [1.807, 2.05) is 45.3 Å². The van der Waals surface area contributed by atoms with Crippen LogP contribution in [0, 0.1) is 6.92 Å². The maximum Gasteiger partial charge on any atom is 0.256 e. The monoisotopic (exact) mass is 583 g/mol. The number of nitrogens with zero attached hydrogens (tertiary/aromatic N) is 4. The topological polar surface area (TPSA) is 64.0 Å². The number of aliphatic hydroxyl groups is 1. The molecule has 2 saturated heterocycles. The molecule has 0 saturated carbocycles. The van der Waals surface area contributed by atoms with Gasteiger partial charge in [0.1, 0.15) is 0 Å². The lowest BCUT2D eigenvalue weighted by Gasteiger charge is -2.44. The smallest absolute Gasteiger partial charge is 0.256 e. The number of amides is 1. The first-order valence-electron chi connectivity index (χ1n) is 14.5. The molecule has 42 heavy (non-hydrogen) atoms. The minimum atomic E-state index is -0.839. The highest BCUT2D eigenvalue weighted by Crippen LogP contribution is 2.41. The van der Waals surface area contributed by atoms with Crippen LogP contribution in [-0.2, 0) is 7.05 Å². The second-order valence-electron chi connectivity index (χ2n) is 11.7. The van der Waals surface area contributed by atoms with Gasteiger partial charge in [0.05, 0.1) is 29.9 Å². The summed E-state index contributed by atoms with van der Waals surface area (Å²) in [4.78, 5) is 20.5. The zero-order valence-corrected chi connectivity index (χ0v) is 25.4. The van der Waals surface area contributed by atoms with Crippen molar-refractivity contribution in [1.29, 1.82) is 0 Å². The summed E-state index contributed by atoms with van der Waals surface area (Å²) in [6, 6.07) is 24.9. The Morgan fingerprint density at radius 2 is 1.50 bits per heavy atom. The van der Waals surface area contributed by atoms with Gasteiger partial charge >= 0.3 is 0 Å². The lowest BCUT2D eigenvalue weighted by molar-refractivity contribution is -0.0668. The van der Waals surface area contributed by atoms with E-state index in [-0.39, 0.29) is 5.91 Å². The van der Waals surface area contributed by atoms with Gasteiger partial charge in [-0.25, -0.2) is 0 Å². The van der Waals surface area contributed by atoms with Gasteiger partial charge in [0, 0.05) is 73.6 Å². The van der Waals surface area contributed by atoms with Gasteiger partial charge in [-0.2, -0.15) is 0 Å². The zero-order chi connectivity index (χ0) is 29.6. The molecular formula is C34H38ClN5O2. The summed E-state index contributed by atoms with van der Waals surface area (Å²) in [6.45, 7) is 8.11. The number of aromatic nitrogens is 1. The van der Waals surface area contributed by atoms with Crippen molar-refractivity contribution in [2.45, 2.75) is 19.4 Å². The van der Waals surface area contributed by atoms with Crippen LogP contribution in [0.15, 0.2) is 72.8 Å². The van der Waals surface area contributed by atoms with Crippen LogP contribution < -0.4 is 15.1 Å². The number of carbonyl (C=O) groups excluding carboxylic acids is 1. The van der Waals surface area contributed by atoms with Gasteiger partial charge in [0.15, 0.2) is 0 Å². The Labute approximate surface area is 252 Å². The number of hydrogen-bond donors (Lipinski definition) is 2. The molecule has 6 rings (SSSR count). The molecule has 0 aliphatic carbocycles. The van der Waals surface area contributed by atoms with Crippen LogP contribution in [-0.4, -0.2) is 72.4 Å². The Kier molecular flexibility index (Phi) is 7.41. The van der Waals surface area contributed by atoms with Crippen molar-refractivity contribution in [3.8, 4) is 22.4 Å². The molecule has 218 valence electrons. The van der Waals surface area contributed by atoms with Crippen molar-refractivity contribution in [3.63, 3.8) is 0 Å². The molecular weight excluding hydrogens is 546 g/mol. The van der Waals surface area contributed by atoms with Gasteiger partial charge in [-0.1, -0.05) is 35.9 Å². The van der Waals surface area contributed by atoms with Crippen molar-refractivity contribution in [2.24, 2.45) is 7.05 Å². The molecule has 3 heterocycles. The highest BCUT2D eigenvalue weighted by Gasteiger charge is 2.41. The molecule has 0 radical (unpaired) electrons. The van der Waals surface area contributed by atoms with Crippen LogP contribution in [0.5, 0.6) is 0 Å². The number of hydrogen-bond acceptors (Lipinski definition) is 5. The van der Waals surface area contributed by atoms with Gasteiger partial charge in [-0.05, 0) is 73.5 Å². The average Bonchev–Trinajstić information content (AvgIpc) is 3.26. The molecule has 2 aliphatic rings. The number of nitrogens with one attached hydrogen (secondary N) is 1. The number of piperazine rings is 1. The minimum Gasteiger partial charge on any atom is -0.388 e. The standard InChI is InChI=1S/C34H38ClN5O2/c1-23-30(33(41)40-21-34(2,42)22-40)31(32(37(23)4)24-8-10-26(35)11-9-24)25-6-5-7-29(20-25)39-18-16-38(17-19-39)28-14-12-27(36-3)13-15-28/h5-15,20,36,42H,16-19,21-22H2,1-4H3. The number of β-amino-alcohol motifs (C(OH)–C–C–N with tert-alkyl or cyclic N) is 1. The number of carbonyl (C=O) groups is 1. The third-order valence-corrected chi connectivity index (χ3v) is 8.92. The third-order valence-electron chi connectivity index (χ3n) is 8.67. The van der Waals surface area contributed by atoms with Gasteiger partial charge < -0.3 is 29.7 Å². The Balaban J connectivity index is 1.34. The molecule has 0 atom stereocenters. The first kappa shape index (κ1) is 28.2. The molecule has 1 aromatic heterocycles. The Hall–Kier alpha value is -3.94. The summed E-state index contributed by atoms with van der Waals surface area (Å²) < 4.78 is 2.11. The number of halogens is 1. The number of likely N-dealkylation sites (tertiary alicyclic amines) is 1. The molecule has 0 unspecified atom stereocenters. The van der Waals surface area contributed by atoms with Gasteiger partial charge in [0.2, 0.25) is 0 Å². The number of rotatable bonds is 6. The van der Waals surface area contributed by atoms with E-state index in [4.69, 9.17) is 11.6 Å². The second kappa shape index (κ2) is 11.0. The molecule has 2 fully saturated rings. The Morgan fingerprint density at radius 1 is 0.881 bits per heavy atom. The van der Waals surface area contributed by atoms with Crippen LogP contribution in [0.4, 0.5) is 17.1 Å². The summed E-state index contributed by atoms with van der Waals surface area (Å²) in [5.74, 6) is -0.0480. The normalized spacial score (nSPS) is 16.4. The van der Waals surface area contributed by atoms with Crippen molar-refractivity contribution in [1.82, 2.24) is 9.47 Å². The zero-order valence-electron chi connectivity index (χ0n) is 24.7. The summed E-state index contributed by atoms with van der Waals surface area (Å²) >= 11 is 6.24. The van der Waals surface area contributed by atoms with Crippen LogP contribution in [0.1, 0.15) is 23.0 Å². The van der Waals surface area contributed by atoms with E-state index in [0.29, 0.717) is 23.7 Å². The second-order valence-corrected chi connectivity index (χ2v) is 12.2. The van der Waals surface area contributed by atoms with E-state index < -0.39 is 5.60 Å². The fourth-order valence-electron chi connectivity index (χ4n) is 6.29. The van der Waals surface area contributed by atoms with Crippen LogP contribution in [0.3, 0.4) is 0 Å². The molecule has 0 bridgehead atoms. The molecule has 4 aromatic rings. The van der Waals surface area contributed by atoms with Crippen molar-refractivity contribution in [3.05, 3.63) is 89.1 Å². The minimum absolute atomic E-state index is 0.0480. The van der Waals surface area contributed by atoms with Crippen molar-refractivity contribution >= 4 is 34.6 Å². The van der Waals surface area contributed by atoms with E-state index in [2.05, 4.69) is 68.2 Å². The third kappa shape index (κ3) is 5.23. The summed E-state index contributed by atoms with van der Waals surface area (Å²) in [5, 5.41) is 14.2. The predicted octanol–water partition coefficient (Wildman–Crippen LogP) is 5.90. The molecule has 8 heteroatoms.